The van der Waals surface area contributed by atoms with E-state index in [1.54, 1.807) is 30.3 Å². The standard InChI is InChI=1S/C8H6Cl4/c9-7(10)8(11,12)6-4-2-1-3-5-6/h1-5,7H/i7D. The predicted molar refractivity (Wildman–Crippen MR) is 55.3 cm³/mol. The molecule has 0 aromatic heterocycles. The molecule has 66 valence electrons. The van der Waals surface area contributed by atoms with Gasteiger partial charge in [-0.1, -0.05) is 53.5 Å². The first-order valence-corrected chi connectivity index (χ1v) is 4.68. The van der Waals surface area contributed by atoms with Gasteiger partial charge in [-0.05, 0) is 5.56 Å². The maximum Gasteiger partial charge on any atom is 0.173 e. The molecular weight excluding hydrogens is 238 g/mol. The Morgan fingerprint density at radius 2 is 1.67 bits per heavy atom. The van der Waals surface area contributed by atoms with Crippen molar-refractivity contribution in [1.29, 1.82) is 0 Å². The minimum Gasteiger partial charge on any atom is -0.102 e. The fourth-order valence-electron chi connectivity index (χ4n) is 0.757. The third-order valence-corrected chi connectivity index (χ3v) is 3.14. The monoisotopic (exact) mass is 243 g/mol. The summed E-state index contributed by atoms with van der Waals surface area (Å²) in [5, 5.41) is 0. The number of hydrogen-bond acceptors (Lipinski definition) is 0. The summed E-state index contributed by atoms with van der Waals surface area (Å²) in [6, 6.07) is 8.62. The van der Waals surface area contributed by atoms with Gasteiger partial charge in [0, 0.05) is 0 Å². The molecule has 0 nitrogen and oxygen atoms in total. The Morgan fingerprint density at radius 1 is 1.17 bits per heavy atom. The summed E-state index contributed by atoms with van der Waals surface area (Å²) in [6.07, 6.45) is 0. The number of halogens is 4. The van der Waals surface area contributed by atoms with Crippen molar-refractivity contribution in [3.8, 4) is 0 Å². The van der Waals surface area contributed by atoms with Gasteiger partial charge in [0.15, 0.2) is 4.33 Å². The molecule has 0 N–H and O–H groups in total. The van der Waals surface area contributed by atoms with Crippen LogP contribution in [-0.2, 0) is 4.33 Å². The van der Waals surface area contributed by atoms with Gasteiger partial charge in [-0.25, -0.2) is 0 Å². The van der Waals surface area contributed by atoms with Gasteiger partial charge in [0.05, 0.1) is 1.37 Å². The van der Waals surface area contributed by atoms with Crippen molar-refractivity contribution in [3.05, 3.63) is 35.9 Å². The van der Waals surface area contributed by atoms with Gasteiger partial charge in [-0.2, -0.15) is 0 Å². The zero-order valence-corrected chi connectivity index (χ0v) is 8.92. The van der Waals surface area contributed by atoms with Crippen molar-refractivity contribution < 1.29 is 1.37 Å². The average molecular weight is 245 g/mol. The van der Waals surface area contributed by atoms with Crippen LogP contribution in [0.5, 0.6) is 0 Å². The van der Waals surface area contributed by atoms with E-state index in [0.717, 1.165) is 0 Å². The molecule has 0 saturated heterocycles. The van der Waals surface area contributed by atoms with Crippen LogP contribution in [0.4, 0.5) is 0 Å². The molecule has 1 aromatic rings. The first-order chi connectivity index (χ1) is 5.86. The Kier molecular flexibility index (Phi) is 3.03. The van der Waals surface area contributed by atoms with E-state index in [2.05, 4.69) is 0 Å². The minimum absolute atomic E-state index is 0.498. The number of alkyl halides is 4. The van der Waals surface area contributed by atoms with Crippen molar-refractivity contribution in [2.24, 2.45) is 0 Å². The molecule has 0 unspecified atom stereocenters. The van der Waals surface area contributed by atoms with E-state index in [1.165, 1.54) is 0 Å². The highest BCUT2D eigenvalue weighted by molar-refractivity contribution is 6.59. The van der Waals surface area contributed by atoms with Crippen molar-refractivity contribution in [1.82, 2.24) is 0 Å². The Bertz CT molecular complexity index is 278. The fourth-order valence-corrected chi connectivity index (χ4v) is 1.23. The molecule has 0 saturated carbocycles. The predicted octanol–water partition coefficient (Wildman–Crippen LogP) is 4.12. The molecule has 0 aliphatic rings. The van der Waals surface area contributed by atoms with E-state index < -0.39 is 9.15 Å². The molecule has 0 aliphatic heterocycles. The Balaban J connectivity index is 3.08. The van der Waals surface area contributed by atoms with Gasteiger partial charge in [-0.3, -0.25) is 0 Å². The van der Waals surface area contributed by atoms with Crippen LogP contribution in [0, 0.1) is 0 Å². The molecule has 1 aromatic carbocycles. The topological polar surface area (TPSA) is 0 Å². The van der Waals surface area contributed by atoms with E-state index >= 15 is 0 Å². The zero-order chi connectivity index (χ0) is 10.1. The SMILES string of the molecule is [2H]C(Cl)(Cl)C(Cl)(Cl)c1ccccc1. The van der Waals surface area contributed by atoms with E-state index in [9.17, 15) is 0 Å². The van der Waals surface area contributed by atoms with Gasteiger partial charge >= 0.3 is 0 Å². The third-order valence-electron chi connectivity index (χ3n) is 1.37. The molecule has 0 aliphatic carbocycles. The van der Waals surface area contributed by atoms with Crippen molar-refractivity contribution in [3.63, 3.8) is 0 Å². The molecule has 1 rings (SSSR count). The van der Waals surface area contributed by atoms with E-state index in [4.69, 9.17) is 47.8 Å². The minimum atomic E-state index is -1.97. The molecule has 0 amide bonds. The fraction of sp³-hybridized carbons (Fsp3) is 0.250. The lowest BCUT2D eigenvalue weighted by atomic mass is 10.2. The molecule has 12 heavy (non-hydrogen) atoms. The molecule has 0 atom stereocenters. The lowest BCUT2D eigenvalue weighted by Crippen LogP contribution is -2.18. The van der Waals surface area contributed by atoms with Gasteiger partial charge < -0.3 is 0 Å². The van der Waals surface area contributed by atoms with E-state index in [0.29, 0.717) is 5.56 Å². The third kappa shape index (κ3) is 2.20. The number of benzene rings is 1. The normalized spacial score (nSPS) is 14.2. The largest absolute Gasteiger partial charge is 0.173 e. The lowest BCUT2D eigenvalue weighted by molar-refractivity contribution is 0.934. The zero-order valence-electron chi connectivity index (χ0n) is 6.90. The smallest absolute Gasteiger partial charge is 0.102 e. The summed E-state index contributed by atoms with van der Waals surface area (Å²) < 4.78 is 5.71. The van der Waals surface area contributed by atoms with E-state index in [-0.39, 0.29) is 0 Å². The van der Waals surface area contributed by atoms with Crippen LogP contribution in [0.15, 0.2) is 30.3 Å². The van der Waals surface area contributed by atoms with Gasteiger partial charge in [0.1, 0.15) is 4.81 Å². The Labute approximate surface area is 92.8 Å². The summed E-state index contributed by atoms with van der Waals surface area (Å²) in [5.74, 6) is 0. The van der Waals surface area contributed by atoms with Crippen molar-refractivity contribution in [2.75, 3.05) is 0 Å². The first-order valence-electron chi connectivity index (χ1n) is 3.67. The second-order valence-corrected chi connectivity index (χ2v) is 4.48. The van der Waals surface area contributed by atoms with Crippen LogP contribution < -0.4 is 0 Å². The van der Waals surface area contributed by atoms with Crippen molar-refractivity contribution in [2.45, 2.75) is 9.15 Å². The highest BCUT2D eigenvalue weighted by atomic mass is 35.5. The summed E-state index contributed by atoms with van der Waals surface area (Å²) in [4.78, 5) is -1.97. The summed E-state index contributed by atoms with van der Waals surface area (Å²) in [6.45, 7) is 0. The average Bonchev–Trinajstić information content (AvgIpc) is 2.04. The molecule has 0 heterocycles. The molecule has 0 bridgehead atoms. The maximum absolute atomic E-state index is 7.34. The molecular formula is C8H6Cl4. The first kappa shape index (κ1) is 8.96. The van der Waals surface area contributed by atoms with Crippen LogP contribution in [0.1, 0.15) is 6.93 Å². The second kappa shape index (κ2) is 4.06. The van der Waals surface area contributed by atoms with Crippen LogP contribution in [-0.4, -0.2) is 4.81 Å². The quantitative estimate of drug-likeness (QED) is 0.687. The second-order valence-electron chi connectivity index (χ2n) is 2.20. The lowest BCUT2D eigenvalue weighted by Gasteiger charge is -2.20. The van der Waals surface area contributed by atoms with Crippen molar-refractivity contribution >= 4 is 46.4 Å². The summed E-state index contributed by atoms with van der Waals surface area (Å²) >= 11 is 22.8. The van der Waals surface area contributed by atoms with Crippen LogP contribution in [0.3, 0.4) is 0 Å². The summed E-state index contributed by atoms with van der Waals surface area (Å²) in [5.41, 5.74) is 0.498. The van der Waals surface area contributed by atoms with Crippen LogP contribution in [0.2, 0.25) is 0 Å². The summed E-state index contributed by atoms with van der Waals surface area (Å²) in [7, 11) is 0. The number of hydrogen-bond donors (Lipinski definition) is 0. The molecule has 4 heteroatoms. The molecule has 0 fully saturated rings. The van der Waals surface area contributed by atoms with Crippen LogP contribution >= 0.6 is 46.4 Å². The highest BCUT2D eigenvalue weighted by Crippen LogP contribution is 2.41. The molecule has 0 spiro atoms. The Hall–Kier alpha value is 0.380. The van der Waals surface area contributed by atoms with Gasteiger partial charge in [0.25, 0.3) is 0 Å². The molecule has 0 radical (unpaired) electrons. The van der Waals surface area contributed by atoms with Gasteiger partial charge in [-0.15, -0.1) is 23.2 Å². The van der Waals surface area contributed by atoms with E-state index in [1.807, 2.05) is 0 Å². The van der Waals surface area contributed by atoms with Gasteiger partial charge in [0.2, 0.25) is 0 Å². The maximum atomic E-state index is 7.34. The van der Waals surface area contributed by atoms with Crippen LogP contribution in [0.25, 0.3) is 0 Å². The highest BCUT2D eigenvalue weighted by Gasteiger charge is 2.33. The number of rotatable bonds is 2. The Morgan fingerprint density at radius 3 is 2.08 bits per heavy atom.